The summed E-state index contributed by atoms with van der Waals surface area (Å²) >= 11 is 0. The number of piperidine rings is 1. The molecule has 0 radical (unpaired) electrons. The van der Waals surface area contributed by atoms with Crippen LogP contribution in [-0.4, -0.2) is 69.4 Å². The van der Waals surface area contributed by atoms with Gasteiger partial charge in [0.2, 0.25) is 5.91 Å². The topological polar surface area (TPSA) is 63.5 Å². The lowest BCUT2D eigenvalue weighted by Crippen LogP contribution is -2.46. The quantitative estimate of drug-likeness (QED) is 0.803. The van der Waals surface area contributed by atoms with Crippen LogP contribution in [-0.2, 0) is 16.1 Å². The predicted molar refractivity (Wildman–Crippen MR) is 101 cm³/mol. The normalized spacial score (nSPS) is 22.1. The van der Waals surface area contributed by atoms with Crippen LogP contribution in [0.1, 0.15) is 30.9 Å². The van der Waals surface area contributed by atoms with Gasteiger partial charge in [0, 0.05) is 38.8 Å². The Labute approximate surface area is 159 Å². The van der Waals surface area contributed by atoms with Crippen molar-refractivity contribution in [1.82, 2.24) is 24.6 Å². The van der Waals surface area contributed by atoms with Crippen molar-refractivity contribution >= 4 is 5.91 Å². The van der Waals surface area contributed by atoms with Crippen LogP contribution in [0.3, 0.4) is 0 Å². The Morgan fingerprint density at radius 2 is 1.81 bits per heavy atom. The molecule has 0 spiro atoms. The molecule has 3 heterocycles. The third-order valence-electron chi connectivity index (χ3n) is 5.55. The van der Waals surface area contributed by atoms with Crippen molar-refractivity contribution in [3.8, 4) is 0 Å². The van der Waals surface area contributed by atoms with Crippen LogP contribution in [0.25, 0.3) is 0 Å². The van der Waals surface area contributed by atoms with E-state index in [9.17, 15) is 4.79 Å². The average molecular weight is 369 g/mol. The zero-order valence-electron chi connectivity index (χ0n) is 15.6. The van der Waals surface area contributed by atoms with E-state index in [4.69, 9.17) is 4.74 Å². The van der Waals surface area contributed by atoms with Crippen molar-refractivity contribution in [3.63, 3.8) is 0 Å². The molecular formula is C20H27N5O2. The lowest BCUT2D eigenvalue weighted by Gasteiger charge is -2.36. The van der Waals surface area contributed by atoms with Gasteiger partial charge >= 0.3 is 0 Å². The lowest BCUT2D eigenvalue weighted by molar-refractivity contribution is -0.137. The number of nitrogens with zero attached hydrogens (tertiary/aromatic N) is 5. The molecule has 1 aromatic carbocycles. The first-order valence-electron chi connectivity index (χ1n) is 9.78. The molecule has 1 unspecified atom stereocenters. The molecule has 2 aliphatic heterocycles. The maximum Gasteiger partial charge on any atom is 0.225 e. The number of aromatic nitrogens is 3. The number of rotatable bonds is 5. The molecule has 1 atom stereocenters. The Bertz CT molecular complexity index is 713. The molecule has 0 saturated carbocycles. The summed E-state index contributed by atoms with van der Waals surface area (Å²) in [7, 11) is 0. The number of carbonyl (C=O) groups excluding carboxylic acids is 1. The molecule has 2 aromatic rings. The van der Waals surface area contributed by atoms with Gasteiger partial charge in [-0.25, -0.2) is 0 Å². The lowest BCUT2D eigenvalue weighted by atomic mass is 10.0. The molecule has 7 nitrogen and oxygen atoms in total. The van der Waals surface area contributed by atoms with Crippen molar-refractivity contribution in [3.05, 3.63) is 48.5 Å². The van der Waals surface area contributed by atoms with Crippen LogP contribution in [0.5, 0.6) is 0 Å². The maximum atomic E-state index is 12.7. The second-order valence-corrected chi connectivity index (χ2v) is 7.44. The van der Waals surface area contributed by atoms with Crippen LogP contribution >= 0.6 is 0 Å². The third-order valence-corrected chi connectivity index (χ3v) is 5.55. The van der Waals surface area contributed by atoms with Gasteiger partial charge in [-0.3, -0.25) is 9.69 Å². The molecule has 2 aliphatic rings. The largest absolute Gasteiger partial charge is 0.375 e. The van der Waals surface area contributed by atoms with Gasteiger partial charge in [-0.05, 0) is 18.4 Å². The Kier molecular flexibility index (Phi) is 5.79. The van der Waals surface area contributed by atoms with Gasteiger partial charge in [-0.15, -0.1) is 10.2 Å². The van der Waals surface area contributed by atoms with Gasteiger partial charge in [0.1, 0.15) is 12.7 Å². The fourth-order valence-electron chi connectivity index (χ4n) is 4.02. The molecule has 0 bridgehead atoms. The zero-order chi connectivity index (χ0) is 18.5. The van der Waals surface area contributed by atoms with E-state index in [1.807, 2.05) is 15.5 Å². The summed E-state index contributed by atoms with van der Waals surface area (Å²) < 4.78 is 7.93. The number of hydrogen-bond donors (Lipinski definition) is 0. The van der Waals surface area contributed by atoms with E-state index in [2.05, 4.69) is 39.4 Å². The molecular weight excluding hydrogens is 342 g/mol. The first-order chi connectivity index (χ1) is 13.3. The molecule has 2 fully saturated rings. The van der Waals surface area contributed by atoms with E-state index in [0.29, 0.717) is 19.1 Å². The van der Waals surface area contributed by atoms with Crippen molar-refractivity contribution in [2.45, 2.75) is 38.0 Å². The number of ether oxygens (including phenoxy) is 1. The minimum absolute atomic E-state index is 0.00876. The second kappa shape index (κ2) is 8.63. The molecule has 27 heavy (non-hydrogen) atoms. The van der Waals surface area contributed by atoms with Crippen LogP contribution in [0.2, 0.25) is 0 Å². The molecule has 2 saturated heterocycles. The van der Waals surface area contributed by atoms with Crippen LogP contribution in [0, 0.1) is 0 Å². The van der Waals surface area contributed by atoms with Gasteiger partial charge in [-0.2, -0.15) is 0 Å². The van der Waals surface area contributed by atoms with E-state index >= 15 is 0 Å². The highest BCUT2D eigenvalue weighted by Gasteiger charge is 2.28. The highest BCUT2D eigenvalue weighted by molar-refractivity contribution is 5.76. The Balaban J connectivity index is 1.24. The average Bonchev–Trinajstić information content (AvgIpc) is 3.24. The molecule has 1 aromatic heterocycles. The second-order valence-electron chi connectivity index (χ2n) is 7.44. The van der Waals surface area contributed by atoms with E-state index in [0.717, 1.165) is 45.6 Å². The number of amides is 1. The van der Waals surface area contributed by atoms with Gasteiger partial charge in [0.15, 0.2) is 0 Å². The van der Waals surface area contributed by atoms with Gasteiger partial charge in [0.05, 0.1) is 19.1 Å². The molecule has 1 amide bonds. The Morgan fingerprint density at radius 1 is 1.07 bits per heavy atom. The number of hydrogen-bond acceptors (Lipinski definition) is 5. The molecule has 7 heteroatoms. The third kappa shape index (κ3) is 4.73. The van der Waals surface area contributed by atoms with Crippen molar-refractivity contribution in [1.29, 1.82) is 0 Å². The summed E-state index contributed by atoms with van der Waals surface area (Å²) in [6.45, 7) is 4.94. The van der Waals surface area contributed by atoms with Crippen molar-refractivity contribution < 1.29 is 9.53 Å². The Hall–Kier alpha value is -2.25. The van der Waals surface area contributed by atoms with E-state index < -0.39 is 0 Å². The Morgan fingerprint density at radius 3 is 2.56 bits per heavy atom. The van der Waals surface area contributed by atoms with Crippen LogP contribution in [0.4, 0.5) is 0 Å². The summed E-state index contributed by atoms with van der Waals surface area (Å²) in [4.78, 5) is 17.1. The summed E-state index contributed by atoms with van der Waals surface area (Å²) in [5.41, 5.74) is 1.31. The number of likely N-dealkylation sites (tertiary alicyclic amines) is 1. The van der Waals surface area contributed by atoms with Crippen molar-refractivity contribution in [2.75, 3.05) is 32.8 Å². The first kappa shape index (κ1) is 18.1. The minimum atomic E-state index is -0.00876. The van der Waals surface area contributed by atoms with Gasteiger partial charge in [0.25, 0.3) is 0 Å². The minimum Gasteiger partial charge on any atom is -0.375 e. The van der Waals surface area contributed by atoms with Gasteiger partial charge < -0.3 is 14.2 Å². The number of carbonyl (C=O) groups is 1. The summed E-state index contributed by atoms with van der Waals surface area (Å²) in [5, 5.41) is 7.75. The SMILES string of the molecule is O=C(CC1CN(Cc2ccccc2)CCO1)N1CCC(n2cnnc2)CC1. The van der Waals surface area contributed by atoms with Gasteiger partial charge in [-0.1, -0.05) is 30.3 Å². The standard InChI is InChI=1S/C20H27N5O2/c26-20(24-8-6-18(7-9-24)25-15-21-22-16-25)12-19-14-23(10-11-27-19)13-17-4-2-1-3-5-17/h1-5,15-16,18-19H,6-14H2. The fourth-order valence-corrected chi connectivity index (χ4v) is 4.02. The number of benzene rings is 1. The highest BCUT2D eigenvalue weighted by Crippen LogP contribution is 2.23. The smallest absolute Gasteiger partial charge is 0.225 e. The zero-order valence-corrected chi connectivity index (χ0v) is 15.6. The summed E-state index contributed by atoms with van der Waals surface area (Å²) in [5.74, 6) is 0.212. The molecule has 0 N–H and O–H groups in total. The highest BCUT2D eigenvalue weighted by atomic mass is 16.5. The van der Waals surface area contributed by atoms with E-state index in [-0.39, 0.29) is 12.0 Å². The first-order valence-corrected chi connectivity index (χ1v) is 9.78. The molecule has 4 rings (SSSR count). The van der Waals surface area contributed by atoms with Crippen molar-refractivity contribution in [2.24, 2.45) is 0 Å². The predicted octanol–water partition coefficient (Wildman–Crippen LogP) is 1.73. The molecule has 144 valence electrons. The number of morpholine rings is 1. The van der Waals surface area contributed by atoms with E-state index in [1.165, 1.54) is 5.56 Å². The van der Waals surface area contributed by atoms with E-state index in [1.54, 1.807) is 12.7 Å². The fraction of sp³-hybridized carbons (Fsp3) is 0.550. The van der Waals surface area contributed by atoms with Crippen LogP contribution < -0.4 is 0 Å². The summed E-state index contributed by atoms with van der Waals surface area (Å²) in [6, 6.07) is 10.9. The van der Waals surface area contributed by atoms with Crippen LogP contribution in [0.15, 0.2) is 43.0 Å². The summed E-state index contributed by atoms with van der Waals surface area (Å²) in [6.07, 6.45) is 5.90. The molecule has 0 aliphatic carbocycles. The monoisotopic (exact) mass is 369 g/mol. The maximum absolute atomic E-state index is 12.7.